The predicted molar refractivity (Wildman–Crippen MR) is 138 cm³/mol. The minimum atomic E-state index is -0.783. The maximum Gasteiger partial charge on any atom is 0.123 e. The van der Waals surface area contributed by atoms with Crippen molar-refractivity contribution in [2.75, 3.05) is 13.7 Å². The first-order valence-electron chi connectivity index (χ1n) is 12.9. The molecule has 2 aliphatic carbocycles. The summed E-state index contributed by atoms with van der Waals surface area (Å²) in [4.78, 5) is 4.71. The molecule has 0 amide bonds. The van der Waals surface area contributed by atoms with Gasteiger partial charge in [-0.25, -0.2) is 9.07 Å². The molecule has 0 radical (unpaired) electrons. The number of halogens is 1. The van der Waals surface area contributed by atoms with Gasteiger partial charge in [0.25, 0.3) is 0 Å². The van der Waals surface area contributed by atoms with Crippen LogP contribution in [0, 0.1) is 11.7 Å². The summed E-state index contributed by atoms with van der Waals surface area (Å²) in [6.45, 7) is 0.375. The van der Waals surface area contributed by atoms with Gasteiger partial charge in [-0.05, 0) is 111 Å². The van der Waals surface area contributed by atoms with E-state index in [-0.39, 0.29) is 11.2 Å². The number of fused-ring (bicyclic) bond motifs is 4. The maximum absolute atomic E-state index is 13.5. The zero-order valence-electron chi connectivity index (χ0n) is 20.7. The number of ether oxygens (including phenoxy) is 1. The Balaban J connectivity index is 1.49. The highest BCUT2D eigenvalue weighted by atomic mass is 19.1. The van der Waals surface area contributed by atoms with Gasteiger partial charge in [0.15, 0.2) is 0 Å². The highest BCUT2D eigenvalue weighted by Crippen LogP contribution is 2.54. The fourth-order valence-electron chi connectivity index (χ4n) is 6.82. The molecule has 0 saturated heterocycles. The molecule has 186 valence electrons. The van der Waals surface area contributed by atoms with Crippen molar-refractivity contribution in [3.63, 3.8) is 0 Å². The van der Waals surface area contributed by atoms with E-state index in [9.17, 15) is 9.50 Å². The summed E-state index contributed by atoms with van der Waals surface area (Å²) in [6, 6.07) is 17.3. The molecule has 36 heavy (non-hydrogen) atoms. The van der Waals surface area contributed by atoms with Crippen LogP contribution in [0.5, 0.6) is 0 Å². The minimum absolute atomic E-state index is 0.105. The lowest BCUT2D eigenvalue weighted by Crippen LogP contribution is -2.51. The normalized spacial score (nSPS) is 25.8. The van der Waals surface area contributed by atoms with Gasteiger partial charge in [-0.15, -0.1) is 0 Å². The zero-order chi connectivity index (χ0) is 24.8. The first kappa shape index (κ1) is 23.3. The Bertz CT molecular complexity index is 1370. The van der Waals surface area contributed by atoms with Crippen molar-refractivity contribution in [2.24, 2.45) is 5.92 Å². The van der Waals surface area contributed by atoms with Crippen molar-refractivity contribution >= 4 is 10.9 Å². The van der Waals surface area contributed by atoms with Crippen LogP contribution < -0.4 is 0 Å². The van der Waals surface area contributed by atoms with E-state index in [1.54, 1.807) is 19.2 Å². The van der Waals surface area contributed by atoms with Crippen LogP contribution in [0.2, 0.25) is 0 Å². The maximum atomic E-state index is 13.5. The van der Waals surface area contributed by atoms with Gasteiger partial charge >= 0.3 is 0 Å². The molecule has 1 fully saturated rings. The quantitative estimate of drug-likeness (QED) is 0.402. The third-order valence-corrected chi connectivity index (χ3v) is 8.48. The molecule has 4 aromatic rings. The zero-order valence-corrected chi connectivity index (χ0v) is 20.7. The fourth-order valence-corrected chi connectivity index (χ4v) is 6.82. The third-order valence-electron chi connectivity index (χ3n) is 8.48. The molecular formula is C30H32FN3O2. The van der Waals surface area contributed by atoms with E-state index < -0.39 is 5.60 Å². The minimum Gasteiger partial charge on any atom is -0.387 e. The Hall–Kier alpha value is -3.09. The van der Waals surface area contributed by atoms with Crippen molar-refractivity contribution in [1.29, 1.82) is 0 Å². The van der Waals surface area contributed by atoms with E-state index in [0.717, 1.165) is 60.8 Å². The van der Waals surface area contributed by atoms with Crippen LogP contribution in [0.1, 0.15) is 48.9 Å². The number of aromatic nitrogens is 3. The Morgan fingerprint density at radius 1 is 1.14 bits per heavy atom. The number of nitrogens with zero attached hydrogens (tertiary/aromatic N) is 3. The third kappa shape index (κ3) is 4.02. The second-order valence-electron chi connectivity index (χ2n) is 10.7. The van der Waals surface area contributed by atoms with Gasteiger partial charge < -0.3 is 9.84 Å². The molecular weight excluding hydrogens is 453 g/mol. The molecule has 0 spiro atoms. The molecule has 0 aliphatic heterocycles. The number of hydrogen-bond donors (Lipinski definition) is 1. The highest BCUT2D eigenvalue weighted by molar-refractivity contribution is 5.82. The van der Waals surface area contributed by atoms with Crippen molar-refractivity contribution < 1.29 is 14.2 Å². The number of benzene rings is 2. The molecule has 2 aromatic heterocycles. The van der Waals surface area contributed by atoms with E-state index in [4.69, 9.17) is 9.72 Å². The number of aliphatic hydroxyl groups is 1. The summed E-state index contributed by atoms with van der Waals surface area (Å²) in [5.41, 5.74) is 4.82. The Morgan fingerprint density at radius 2 is 2.00 bits per heavy atom. The van der Waals surface area contributed by atoms with Gasteiger partial charge in [0.2, 0.25) is 0 Å². The van der Waals surface area contributed by atoms with Crippen molar-refractivity contribution in [1.82, 2.24) is 14.8 Å². The summed E-state index contributed by atoms with van der Waals surface area (Å²) in [6.07, 6.45) is 10.1. The monoisotopic (exact) mass is 485 g/mol. The standard InChI is InChI=1S/C30H32FN3O2/c1-36-20-29(35)12-13-30(18-25-7-2-3-14-32-25)23(17-29)6-4-5-21-16-28-22(15-27(21)30)19-33-34(28)26-10-8-24(31)9-11-26/h2-3,7-11,14-16,19,23,35H,4-6,12-13,17-18,20H2,1H3/t23-,29-,30+/m1/s1. The van der Waals surface area contributed by atoms with E-state index >= 15 is 0 Å². The molecule has 6 heteroatoms. The number of methoxy groups -OCH3 is 1. The van der Waals surface area contributed by atoms with Crippen LogP contribution in [0.25, 0.3) is 16.6 Å². The van der Waals surface area contributed by atoms with Crippen molar-refractivity contribution in [2.45, 2.75) is 56.0 Å². The molecule has 2 aromatic carbocycles. The lowest BCUT2D eigenvalue weighted by atomic mass is 9.56. The molecule has 0 bridgehead atoms. The molecule has 0 unspecified atom stereocenters. The lowest BCUT2D eigenvalue weighted by Gasteiger charge is -2.50. The molecule has 6 rings (SSSR count). The van der Waals surface area contributed by atoms with Crippen molar-refractivity contribution in [3.8, 4) is 5.69 Å². The van der Waals surface area contributed by atoms with Gasteiger partial charge in [0.05, 0.1) is 29.6 Å². The fraction of sp³-hybridized carbons (Fsp3) is 0.400. The summed E-state index contributed by atoms with van der Waals surface area (Å²) in [5.74, 6) is 0.0802. The summed E-state index contributed by atoms with van der Waals surface area (Å²) in [5, 5.41) is 17.1. The van der Waals surface area contributed by atoms with Gasteiger partial charge in [0, 0.05) is 29.8 Å². The SMILES string of the molecule is COC[C@@]1(O)CC[C@@]2(Cc3ccccn3)c3cc4cnn(-c5ccc(F)cc5)c4cc3CCC[C@@H]2C1. The molecule has 5 nitrogen and oxygen atoms in total. The average Bonchev–Trinajstić information content (AvgIpc) is 3.23. The van der Waals surface area contributed by atoms with Gasteiger partial charge in [0.1, 0.15) is 5.82 Å². The number of rotatable bonds is 5. The predicted octanol–water partition coefficient (Wildman–Crippen LogP) is 5.55. The first-order valence-corrected chi connectivity index (χ1v) is 12.9. The molecule has 1 saturated carbocycles. The largest absolute Gasteiger partial charge is 0.387 e. The summed E-state index contributed by atoms with van der Waals surface area (Å²) < 4.78 is 20.9. The smallest absolute Gasteiger partial charge is 0.123 e. The Labute approximate surface area is 210 Å². The van der Waals surface area contributed by atoms with Crippen LogP contribution in [-0.4, -0.2) is 39.2 Å². The van der Waals surface area contributed by atoms with Crippen LogP contribution in [0.15, 0.2) is 67.0 Å². The summed E-state index contributed by atoms with van der Waals surface area (Å²) >= 11 is 0. The van der Waals surface area contributed by atoms with Crippen LogP contribution in [0.4, 0.5) is 4.39 Å². The van der Waals surface area contributed by atoms with E-state index in [1.165, 1.54) is 23.3 Å². The average molecular weight is 486 g/mol. The topological polar surface area (TPSA) is 60.2 Å². The highest BCUT2D eigenvalue weighted by Gasteiger charge is 2.51. The number of pyridine rings is 1. The van der Waals surface area contributed by atoms with Crippen molar-refractivity contribution in [3.05, 3.63) is 89.6 Å². The van der Waals surface area contributed by atoms with E-state index in [2.05, 4.69) is 29.4 Å². The van der Waals surface area contributed by atoms with E-state index in [0.29, 0.717) is 18.9 Å². The molecule has 3 atom stereocenters. The molecule has 1 N–H and O–H groups in total. The van der Waals surface area contributed by atoms with Gasteiger partial charge in [-0.3, -0.25) is 4.98 Å². The number of hydrogen-bond acceptors (Lipinski definition) is 4. The first-order chi connectivity index (χ1) is 17.5. The second kappa shape index (κ2) is 9.09. The van der Waals surface area contributed by atoms with Crippen LogP contribution >= 0.6 is 0 Å². The van der Waals surface area contributed by atoms with Crippen LogP contribution in [-0.2, 0) is 23.0 Å². The second-order valence-corrected chi connectivity index (χ2v) is 10.7. The summed E-state index contributed by atoms with van der Waals surface area (Å²) in [7, 11) is 1.67. The number of aryl methyl sites for hydroxylation is 1. The molecule has 2 heterocycles. The Morgan fingerprint density at radius 3 is 2.78 bits per heavy atom. The van der Waals surface area contributed by atoms with Gasteiger partial charge in [-0.1, -0.05) is 6.07 Å². The van der Waals surface area contributed by atoms with Crippen LogP contribution in [0.3, 0.4) is 0 Å². The van der Waals surface area contributed by atoms with E-state index in [1.807, 2.05) is 23.1 Å². The lowest BCUT2D eigenvalue weighted by molar-refractivity contribution is -0.0899. The van der Waals surface area contributed by atoms with Gasteiger partial charge in [-0.2, -0.15) is 5.10 Å². The molecule has 2 aliphatic rings. The Kier molecular flexibility index (Phi) is 5.89.